The predicted octanol–water partition coefficient (Wildman–Crippen LogP) is 3.46. The number of piperidine rings is 1. The number of likely N-dealkylation sites (tertiary alicyclic amines) is 1. The Kier molecular flexibility index (Phi) is 11.2. The summed E-state index contributed by atoms with van der Waals surface area (Å²) in [4.78, 5) is 17.7. The molecule has 1 heterocycles. The highest BCUT2D eigenvalue weighted by molar-refractivity contribution is 14.0. The standard InChI is InChI=1S/C18H28ClN5OS.HI/c1-3-21-18(23-15-7-9-24(10-8-15)17(20)25)22-12-16(26-2)13-5-4-6-14(19)11-13;/h4-6,11,15-16H,3,7-10,12H2,1-2H3,(H2,20,25)(H2,21,22,23);1H. The average molecular weight is 526 g/mol. The summed E-state index contributed by atoms with van der Waals surface area (Å²) in [7, 11) is 0. The topological polar surface area (TPSA) is 82.8 Å². The molecular weight excluding hydrogens is 497 g/mol. The predicted molar refractivity (Wildman–Crippen MR) is 126 cm³/mol. The van der Waals surface area contributed by atoms with Crippen LogP contribution in [0.1, 0.15) is 30.6 Å². The Labute approximate surface area is 188 Å². The molecule has 1 atom stereocenters. The fraction of sp³-hybridized carbons (Fsp3) is 0.556. The van der Waals surface area contributed by atoms with Crippen molar-refractivity contribution >= 4 is 59.3 Å². The third-order valence-electron chi connectivity index (χ3n) is 4.41. The number of aliphatic imine (C=N–C) groups is 1. The average Bonchev–Trinajstić information content (AvgIpc) is 2.63. The Morgan fingerprint density at radius 2 is 2.15 bits per heavy atom. The number of rotatable bonds is 6. The van der Waals surface area contributed by atoms with Crippen molar-refractivity contribution in [2.45, 2.75) is 31.1 Å². The maximum absolute atomic E-state index is 11.2. The molecule has 0 saturated carbocycles. The van der Waals surface area contributed by atoms with Gasteiger partial charge in [-0.05, 0) is 43.7 Å². The van der Waals surface area contributed by atoms with E-state index in [1.54, 1.807) is 16.7 Å². The summed E-state index contributed by atoms with van der Waals surface area (Å²) in [5, 5.41) is 7.79. The lowest BCUT2D eigenvalue weighted by molar-refractivity contribution is 0.188. The van der Waals surface area contributed by atoms with Gasteiger partial charge in [-0.1, -0.05) is 23.7 Å². The number of carbonyl (C=O) groups excluding carboxylic acids is 1. The molecule has 1 fully saturated rings. The molecule has 0 radical (unpaired) electrons. The van der Waals surface area contributed by atoms with Gasteiger partial charge in [0.25, 0.3) is 0 Å². The zero-order valence-corrected chi connectivity index (χ0v) is 19.7. The molecular formula is C18H29ClIN5OS. The Hall–Kier alpha value is -0.870. The van der Waals surface area contributed by atoms with Crippen LogP contribution in [-0.2, 0) is 0 Å². The molecule has 0 bridgehead atoms. The summed E-state index contributed by atoms with van der Waals surface area (Å²) in [6.07, 6.45) is 3.82. The van der Waals surface area contributed by atoms with Gasteiger partial charge < -0.3 is 21.3 Å². The summed E-state index contributed by atoms with van der Waals surface area (Å²) in [5.74, 6) is 0.811. The molecule has 1 aliphatic heterocycles. The van der Waals surface area contributed by atoms with Crippen molar-refractivity contribution in [1.29, 1.82) is 0 Å². The van der Waals surface area contributed by atoms with Gasteiger partial charge in [0.15, 0.2) is 5.96 Å². The number of nitrogens with zero attached hydrogens (tertiary/aromatic N) is 2. The first-order valence-electron chi connectivity index (χ1n) is 8.91. The SMILES string of the molecule is CCNC(=NCC(SC)c1cccc(Cl)c1)NC1CCN(C(N)=O)CC1.I. The second-order valence-corrected chi connectivity index (χ2v) is 7.72. The number of hydrogen-bond acceptors (Lipinski definition) is 3. The van der Waals surface area contributed by atoms with Crippen LogP contribution in [0.4, 0.5) is 4.79 Å². The van der Waals surface area contributed by atoms with E-state index in [-0.39, 0.29) is 35.3 Å². The van der Waals surface area contributed by atoms with Crippen LogP contribution >= 0.6 is 47.3 Å². The molecule has 0 aliphatic carbocycles. The van der Waals surface area contributed by atoms with Crippen molar-refractivity contribution < 1.29 is 4.79 Å². The van der Waals surface area contributed by atoms with E-state index >= 15 is 0 Å². The van der Waals surface area contributed by atoms with Crippen molar-refractivity contribution in [3.05, 3.63) is 34.9 Å². The van der Waals surface area contributed by atoms with Gasteiger partial charge in [0.05, 0.1) is 6.54 Å². The molecule has 2 rings (SSSR count). The van der Waals surface area contributed by atoms with E-state index in [0.717, 1.165) is 30.4 Å². The lowest BCUT2D eigenvalue weighted by atomic mass is 10.1. The highest BCUT2D eigenvalue weighted by Gasteiger charge is 2.22. The molecule has 2 amide bonds. The van der Waals surface area contributed by atoms with Gasteiger partial charge in [-0.25, -0.2) is 4.79 Å². The van der Waals surface area contributed by atoms with Crippen LogP contribution in [0, 0.1) is 0 Å². The maximum atomic E-state index is 11.2. The van der Waals surface area contributed by atoms with Crippen molar-refractivity contribution in [1.82, 2.24) is 15.5 Å². The van der Waals surface area contributed by atoms with Crippen molar-refractivity contribution in [3.63, 3.8) is 0 Å². The summed E-state index contributed by atoms with van der Waals surface area (Å²) in [5.41, 5.74) is 6.52. The summed E-state index contributed by atoms with van der Waals surface area (Å²) in [6, 6.07) is 7.90. The molecule has 152 valence electrons. The molecule has 9 heteroatoms. The minimum Gasteiger partial charge on any atom is -0.357 e. The van der Waals surface area contributed by atoms with E-state index < -0.39 is 0 Å². The number of amides is 2. The van der Waals surface area contributed by atoms with Gasteiger partial charge in [0.1, 0.15) is 0 Å². The van der Waals surface area contributed by atoms with Gasteiger partial charge in [0.2, 0.25) is 0 Å². The molecule has 1 saturated heterocycles. The fourth-order valence-electron chi connectivity index (χ4n) is 2.95. The molecule has 27 heavy (non-hydrogen) atoms. The summed E-state index contributed by atoms with van der Waals surface area (Å²) >= 11 is 7.88. The zero-order chi connectivity index (χ0) is 18.9. The van der Waals surface area contributed by atoms with Crippen molar-refractivity contribution in [3.8, 4) is 0 Å². The Bertz CT molecular complexity index is 626. The highest BCUT2D eigenvalue weighted by atomic mass is 127. The number of urea groups is 1. The molecule has 0 aromatic heterocycles. The van der Waals surface area contributed by atoms with E-state index in [1.807, 2.05) is 18.2 Å². The maximum Gasteiger partial charge on any atom is 0.314 e. The van der Waals surface area contributed by atoms with E-state index in [9.17, 15) is 4.79 Å². The number of hydrogen-bond donors (Lipinski definition) is 3. The van der Waals surface area contributed by atoms with E-state index in [1.165, 1.54) is 5.56 Å². The Morgan fingerprint density at radius 3 is 2.70 bits per heavy atom. The molecule has 6 nitrogen and oxygen atoms in total. The number of nitrogens with two attached hydrogens (primary N) is 1. The lowest BCUT2D eigenvalue weighted by Gasteiger charge is -2.32. The second kappa shape index (κ2) is 12.6. The first-order valence-corrected chi connectivity index (χ1v) is 10.6. The molecule has 1 aromatic carbocycles. The number of primary amides is 1. The van der Waals surface area contributed by atoms with Crippen LogP contribution < -0.4 is 16.4 Å². The second-order valence-electron chi connectivity index (χ2n) is 6.24. The Balaban J connectivity index is 0.00000364. The van der Waals surface area contributed by atoms with E-state index in [0.29, 0.717) is 25.7 Å². The summed E-state index contributed by atoms with van der Waals surface area (Å²) < 4.78 is 0. The molecule has 1 aromatic rings. The van der Waals surface area contributed by atoms with Gasteiger partial charge in [-0.3, -0.25) is 4.99 Å². The molecule has 4 N–H and O–H groups in total. The fourth-order valence-corrected chi connectivity index (χ4v) is 3.80. The first-order chi connectivity index (χ1) is 12.5. The Morgan fingerprint density at radius 1 is 1.44 bits per heavy atom. The normalized spacial score (nSPS) is 16.4. The largest absolute Gasteiger partial charge is 0.357 e. The van der Waals surface area contributed by atoms with Gasteiger partial charge in [0, 0.05) is 35.9 Å². The van der Waals surface area contributed by atoms with Gasteiger partial charge in [-0.15, -0.1) is 24.0 Å². The van der Waals surface area contributed by atoms with E-state index in [2.05, 4.69) is 29.9 Å². The lowest BCUT2D eigenvalue weighted by Crippen LogP contribution is -2.50. The quantitative estimate of drug-likeness (QED) is 0.302. The third kappa shape index (κ3) is 7.95. The van der Waals surface area contributed by atoms with Crippen LogP contribution in [0.5, 0.6) is 0 Å². The number of halogens is 2. The number of guanidine groups is 1. The van der Waals surface area contributed by atoms with E-state index in [4.69, 9.17) is 22.3 Å². The third-order valence-corrected chi connectivity index (χ3v) is 5.64. The van der Waals surface area contributed by atoms with Crippen LogP contribution in [0.15, 0.2) is 29.3 Å². The van der Waals surface area contributed by atoms with Crippen molar-refractivity contribution in [2.75, 3.05) is 32.4 Å². The van der Waals surface area contributed by atoms with Crippen LogP contribution in [-0.4, -0.2) is 55.4 Å². The van der Waals surface area contributed by atoms with Gasteiger partial charge in [-0.2, -0.15) is 11.8 Å². The van der Waals surface area contributed by atoms with Crippen LogP contribution in [0.2, 0.25) is 5.02 Å². The van der Waals surface area contributed by atoms with Crippen LogP contribution in [0.3, 0.4) is 0 Å². The number of benzene rings is 1. The zero-order valence-electron chi connectivity index (χ0n) is 15.8. The highest BCUT2D eigenvalue weighted by Crippen LogP contribution is 2.28. The monoisotopic (exact) mass is 525 g/mol. The molecule has 1 aliphatic rings. The minimum atomic E-state index is -0.339. The molecule has 1 unspecified atom stereocenters. The number of carbonyl (C=O) groups is 1. The number of nitrogens with one attached hydrogen (secondary N) is 2. The minimum absolute atomic E-state index is 0. The number of thioether (sulfide) groups is 1. The molecule has 0 spiro atoms. The van der Waals surface area contributed by atoms with Crippen molar-refractivity contribution in [2.24, 2.45) is 10.7 Å². The smallest absolute Gasteiger partial charge is 0.314 e. The van der Waals surface area contributed by atoms with Crippen LogP contribution in [0.25, 0.3) is 0 Å². The summed E-state index contributed by atoms with van der Waals surface area (Å²) in [6.45, 7) is 4.88. The first kappa shape index (κ1) is 24.2. The van der Waals surface area contributed by atoms with Gasteiger partial charge >= 0.3 is 6.03 Å².